The molecule has 0 radical (unpaired) electrons. The summed E-state index contributed by atoms with van der Waals surface area (Å²) in [5, 5.41) is 0. The van der Waals surface area contributed by atoms with Gasteiger partial charge in [-0.25, -0.2) is 0 Å². The van der Waals surface area contributed by atoms with Crippen LogP contribution < -0.4 is 0 Å². The van der Waals surface area contributed by atoms with Crippen LogP contribution in [-0.2, 0) is 6.42 Å². The molecule has 0 amide bonds. The summed E-state index contributed by atoms with van der Waals surface area (Å²) in [5.41, 5.74) is 2.61. The van der Waals surface area contributed by atoms with Crippen molar-refractivity contribution in [2.75, 3.05) is 0 Å². The molecule has 3 heteroatoms. The van der Waals surface area contributed by atoms with Gasteiger partial charge in [-0.05, 0) is 41.8 Å². The maximum absolute atomic E-state index is 3.75. The van der Waals surface area contributed by atoms with E-state index in [0.29, 0.717) is 4.83 Å². The van der Waals surface area contributed by atoms with Crippen molar-refractivity contribution in [1.29, 1.82) is 0 Å². The Morgan fingerprint density at radius 3 is 2.18 bits per heavy atom. The predicted octanol–water partition coefficient (Wildman–Crippen LogP) is 5.89. The molecule has 1 atom stereocenters. The Bertz CT molecular complexity index is 508. The van der Waals surface area contributed by atoms with Gasteiger partial charge in [-0.3, -0.25) is 0 Å². The zero-order chi connectivity index (χ0) is 12.3. The largest absolute Gasteiger partial charge is 0.0835 e. The Labute approximate surface area is 127 Å². The first kappa shape index (κ1) is 13.3. The normalized spacial score (nSPS) is 12.4. The molecular weight excluding hydrogens is 408 g/mol. The molecule has 1 unspecified atom stereocenters. The van der Waals surface area contributed by atoms with Crippen LogP contribution in [0.2, 0.25) is 0 Å². The van der Waals surface area contributed by atoms with Crippen LogP contribution in [0.4, 0.5) is 0 Å². The first-order chi connectivity index (χ1) is 8.15. The fourth-order valence-corrected chi connectivity index (χ4v) is 3.21. The van der Waals surface area contributed by atoms with Gasteiger partial charge >= 0.3 is 0 Å². The summed E-state index contributed by atoms with van der Waals surface area (Å²) in [4.78, 5) is 0.342. The second-order valence-electron chi connectivity index (χ2n) is 3.86. The maximum Gasteiger partial charge on any atom is 0.0436 e. The van der Waals surface area contributed by atoms with E-state index in [1.54, 1.807) is 0 Å². The number of rotatable bonds is 3. The van der Waals surface area contributed by atoms with Crippen LogP contribution in [0.25, 0.3) is 0 Å². The Hall–Kier alpha value is -0.120. The van der Waals surface area contributed by atoms with Gasteiger partial charge in [0.15, 0.2) is 0 Å². The molecule has 2 aromatic rings. The third-order valence-electron chi connectivity index (χ3n) is 2.51. The van der Waals surface area contributed by atoms with E-state index in [-0.39, 0.29) is 0 Å². The second kappa shape index (κ2) is 6.17. The van der Waals surface area contributed by atoms with Crippen molar-refractivity contribution in [3.8, 4) is 0 Å². The molecule has 0 N–H and O–H groups in total. The van der Waals surface area contributed by atoms with E-state index in [0.717, 1.165) is 15.4 Å². The highest BCUT2D eigenvalue weighted by molar-refractivity contribution is 9.10. The molecule has 17 heavy (non-hydrogen) atoms. The lowest BCUT2D eigenvalue weighted by atomic mass is 10.0. The molecule has 2 rings (SSSR count). The van der Waals surface area contributed by atoms with Crippen LogP contribution in [0.1, 0.15) is 16.0 Å². The van der Waals surface area contributed by atoms with E-state index in [1.165, 1.54) is 11.1 Å². The third kappa shape index (κ3) is 3.94. The van der Waals surface area contributed by atoms with Gasteiger partial charge in [-0.2, -0.15) is 0 Å². The van der Waals surface area contributed by atoms with Gasteiger partial charge in [0.05, 0.1) is 0 Å². The maximum atomic E-state index is 3.75. The zero-order valence-electron chi connectivity index (χ0n) is 9.04. The molecule has 0 aromatic heterocycles. The molecule has 0 nitrogen and oxygen atoms in total. The molecule has 0 fully saturated rings. The fourth-order valence-electron chi connectivity index (χ4n) is 1.69. The number of hydrogen-bond acceptors (Lipinski definition) is 0. The summed E-state index contributed by atoms with van der Waals surface area (Å²) >= 11 is 10.7. The van der Waals surface area contributed by atoms with E-state index in [2.05, 4.69) is 84.2 Å². The predicted molar refractivity (Wildman–Crippen MR) is 83.7 cm³/mol. The van der Waals surface area contributed by atoms with Crippen LogP contribution in [0, 0.1) is 0 Å². The summed E-state index contributed by atoms with van der Waals surface area (Å²) in [6, 6.07) is 16.8. The topological polar surface area (TPSA) is 0 Å². The lowest BCUT2D eigenvalue weighted by Crippen LogP contribution is -1.95. The molecule has 0 aliphatic heterocycles. The average Bonchev–Trinajstić information content (AvgIpc) is 2.29. The summed E-state index contributed by atoms with van der Waals surface area (Å²) < 4.78 is 2.25. The van der Waals surface area contributed by atoms with Gasteiger partial charge in [0.1, 0.15) is 0 Å². The molecule has 0 saturated carbocycles. The number of benzene rings is 2. The van der Waals surface area contributed by atoms with Crippen molar-refractivity contribution in [1.82, 2.24) is 0 Å². The Kier molecular flexibility index (Phi) is 4.83. The minimum atomic E-state index is 0.342. The van der Waals surface area contributed by atoms with Gasteiger partial charge in [0, 0.05) is 13.8 Å². The van der Waals surface area contributed by atoms with Gasteiger partial charge in [0.2, 0.25) is 0 Å². The Morgan fingerprint density at radius 2 is 1.53 bits per heavy atom. The summed E-state index contributed by atoms with van der Waals surface area (Å²) in [6.45, 7) is 0. The van der Waals surface area contributed by atoms with E-state index in [4.69, 9.17) is 0 Å². The number of hydrogen-bond donors (Lipinski definition) is 0. The van der Waals surface area contributed by atoms with Crippen LogP contribution in [-0.4, -0.2) is 0 Å². The minimum absolute atomic E-state index is 0.342. The quantitative estimate of drug-likeness (QED) is 0.545. The van der Waals surface area contributed by atoms with Crippen LogP contribution in [0.5, 0.6) is 0 Å². The first-order valence-electron chi connectivity index (χ1n) is 5.29. The molecule has 88 valence electrons. The van der Waals surface area contributed by atoms with Crippen molar-refractivity contribution in [3.05, 3.63) is 68.6 Å². The zero-order valence-corrected chi connectivity index (χ0v) is 13.8. The SMILES string of the molecule is Brc1cccc(CC(Br)c2cccc(Br)c2)c1. The van der Waals surface area contributed by atoms with Crippen molar-refractivity contribution < 1.29 is 0 Å². The molecule has 0 bridgehead atoms. The highest BCUT2D eigenvalue weighted by Gasteiger charge is 2.08. The van der Waals surface area contributed by atoms with E-state index in [9.17, 15) is 0 Å². The molecule has 0 aliphatic carbocycles. The highest BCUT2D eigenvalue weighted by atomic mass is 79.9. The summed E-state index contributed by atoms with van der Waals surface area (Å²) in [6.07, 6.45) is 0.982. The molecule has 0 heterocycles. The molecule has 0 saturated heterocycles. The van der Waals surface area contributed by atoms with E-state index < -0.39 is 0 Å². The molecule has 0 spiro atoms. The monoisotopic (exact) mass is 416 g/mol. The van der Waals surface area contributed by atoms with Gasteiger partial charge in [0.25, 0.3) is 0 Å². The average molecular weight is 419 g/mol. The first-order valence-corrected chi connectivity index (χ1v) is 7.79. The minimum Gasteiger partial charge on any atom is -0.0835 e. The lowest BCUT2D eigenvalue weighted by molar-refractivity contribution is 0.947. The second-order valence-corrected chi connectivity index (χ2v) is 6.79. The lowest BCUT2D eigenvalue weighted by Gasteiger charge is -2.11. The van der Waals surface area contributed by atoms with Gasteiger partial charge in [-0.15, -0.1) is 0 Å². The summed E-state index contributed by atoms with van der Waals surface area (Å²) in [5.74, 6) is 0. The number of alkyl halides is 1. The molecule has 0 aliphatic rings. The van der Waals surface area contributed by atoms with E-state index >= 15 is 0 Å². The van der Waals surface area contributed by atoms with Gasteiger partial charge in [-0.1, -0.05) is 72.1 Å². The van der Waals surface area contributed by atoms with Crippen molar-refractivity contribution >= 4 is 47.8 Å². The molecular formula is C14H11Br3. The number of halogens is 3. The molecule has 2 aromatic carbocycles. The summed E-state index contributed by atoms with van der Waals surface area (Å²) in [7, 11) is 0. The fraction of sp³-hybridized carbons (Fsp3) is 0.143. The van der Waals surface area contributed by atoms with Crippen LogP contribution in [0.15, 0.2) is 57.5 Å². The van der Waals surface area contributed by atoms with Crippen molar-refractivity contribution in [2.24, 2.45) is 0 Å². The highest BCUT2D eigenvalue weighted by Crippen LogP contribution is 2.29. The standard InChI is InChI=1S/C14H11Br3/c15-12-5-1-3-10(7-12)8-14(17)11-4-2-6-13(16)9-11/h1-7,9,14H,8H2. The van der Waals surface area contributed by atoms with Crippen molar-refractivity contribution in [3.63, 3.8) is 0 Å². The Morgan fingerprint density at radius 1 is 0.882 bits per heavy atom. The Balaban J connectivity index is 2.14. The van der Waals surface area contributed by atoms with Crippen molar-refractivity contribution in [2.45, 2.75) is 11.2 Å². The van der Waals surface area contributed by atoms with E-state index in [1.807, 2.05) is 12.1 Å². The van der Waals surface area contributed by atoms with Crippen LogP contribution in [0.3, 0.4) is 0 Å². The third-order valence-corrected chi connectivity index (χ3v) is 4.35. The smallest absolute Gasteiger partial charge is 0.0436 e. The van der Waals surface area contributed by atoms with Crippen LogP contribution >= 0.6 is 47.8 Å². The van der Waals surface area contributed by atoms with Gasteiger partial charge < -0.3 is 0 Å².